The zero-order valence-electron chi connectivity index (χ0n) is 21.5. The van der Waals surface area contributed by atoms with Crippen molar-refractivity contribution in [3.05, 3.63) is 126 Å². The number of fused-ring (bicyclic) bond motifs is 1. The van der Waals surface area contributed by atoms with Crippen molar-refractivity contribution >= 4 is 44.6 Å². The largest absolute Gasteiger partial charge is 0.466 e. The molecule has 1 atom stereocenters. The summed E-state index contributed by atoms with van der Waals surface area (Å²) in [7, 11) is -3.02. The Morgan fingerprint density at radius 3 is 2.13 bits per heavy atom. The zero-order valence-corrected chi connectivity index (χ0v) is 23.2. The summed E-state index contributed by atoms with van der Waals surface area (Å²) in [5.74, 6) is -2.07. The van der Waals surface area contributed by atoms with Crippen LogP contribution in [0.2, 0.25) is 0 Å². The summed E-state index contributed by atoms with van der Waals surface area (Å²) >= 11 is 1.07. The van der Waals surface area contributed by atoms with Crippen molar-refractivity contribution in [1.82, 2.24) is 4.57 Å². The number of thiazole rings is 1. The Labute approximate surface area is 229 Å². The minimum atomic E-state index is -4.25. The predicted octanol–water partition coefficient (Wildman–Crippen LogP) is 3.04. The van der Waals surface area contributed by atoms with Gasteiger partial charge in [-0.05, 0) is 43.2 Å². The molecule has 0 amide bonds. The van der Waals surface area contributed by atoms with E-state index in [0.29, 0.717) is 10.1 Å². The van der Waals surface area contributed by atoms with E-state index in [9.17, 15) is 18.0 Å². The third kappa shape index (κ3) is 4.64. The molecular weight excluding hydrogens is 532 g/mol. The Morgan fingerprint density at radius 2 is 1.54 bits per heavy atom. The van der Waals surface area contributed by atoms with Crippen LogP contribution in [-0.2, 0) is 19.4 Å². The van der Waals surface area contributed by atoms with Crippen molar-refractivity contribution in [2.75, 3.05) is 7.11 Å². The van der Waals surface area contributed by atoms with Crippen LogP contribution in [0.15, 0.2) is 93.5 Å². The Hall–Kier alpha value is -4.21. The van der Waals surface area contributed by atoms with E-state index in [1.54, 1.807) is 36.4 Å². The molecule has 0 radical (unpaired) electrons. The summed E-state index contributed by atoms with van der Waals surface area (Å²) in [6, 6.07) is 22.6. The zero-order chi connectivity index (χ0) is 27.9. The molecule has 3 aromatic carbocycles. The number of hydrogen-bond acceptors (Lipinski definition) is 7. The summed E-state index contributed by atoms with van der Waals surface area (Å²) in [6.45, 7) is 3.87. The van der Waals surface area contributed by atoms with Crippen LogP contribution < -0.4 is 20.5 Å². The molecule has 1 aliphatic heterocycles. The molecule has 0 saturated carbocycles. The van der Waals surface area contributed by atoms with Crippen LogP contribution in [0.1, 0.15) is 28.2 Å². The molecule has 4 aromatic rings. The van der Waals surface area contributed by atoms with Crippen LogP contribution in [0.4, 0.5) is 0 Å². The van der Waals surface area contributed by atoms with Gasteiger partial charge < -0.3 is 10.5 Å². The lowest BCUT2D eigenvalue weighted by Gasteiger charge is -2.28. The van der Waals surface area contributed by atoms with Gasteiger partial charge in [0.2, 0.25) is 9.84 Å². The summed E-state index contributed by atoms with van der Waals surface area (Å²) in [6.07, 6.45) is 1.70. The topological polar surface area (TPSA) is 108 Å². The highest BCUT2D eigenvalue weighted by Gasteiger charge is 2.42. The van der Waals surface area contributed by atoms with Gasteiger partial charge in [0.15, 0.2) is 0 Å². The first-order chi connectivity index (χ1) is 18.6. The Kier molecular flexibility index (Phi) is 6.88. The highest BCUT2D eigenvalue weighted by atomic mass is 32.2. The number of benzene rings is 3. The molecule has 2 N–H and O–H groups in total. The second-order valence-corrected chi connectivity index (χ2v) is 12.2. The van der Waals surface area contributed by atoms with Crippen LogP contribution in [0.5, 0.6) is 0 Å². The molecule has 1 unspecified atom stereocenters. The van der Waals surface area contributed by atoms with Gasteiger partial charge in [-0.25, -0.2) is 13.2 Å². The first kappa shape index (κ1) is 26.4. The smallest absolute Gasteiger partial charge is 0.337 e. The van der Waals surface area contributed by atoms with Crippen molar-refractivity contribution in [2.45, 2.75) is 24.7 Å². The van der Waals surface area contributed by atoms with Crippen LogP contribution in [0.3, 0.4) is 0 Å². The van der Waals surface area contributed by atoms with E-state index in [2.05, 4.69) is 0 Å². The molecule has 2 heterocycles. The summed E-state index contributed by atoms with van der Waals surface area (Å²) in [5.41, 5.74) is 9.46. The lowest BCUT2D eigenvalue weighted by atomic mass is 9.89. The van der Waals surface area contributed by atoms with Gasteiger partial charge in [-0.3, -0.25) is 9.36 Å². The number of ether oxygens (including phenoxy) is 1. The first-order valence-corrected chi connectivity index (χ1v) is 14.4. The number of methoxy groups -OCH3 is 1. The third-order valence-electron chi connectivity index (χ3n) is 6.63. The number of allylic oxidation sites excluding steroid dienone is 1. The lowest BCUT2D eigenvalue weighted by molar-refractivity contribution is -0.134. The van der Waals surface area contributed by atoms with Crippen molar-refractivity contribution < 1.29 is 17.9 Å². The fourth-order valence-corrected chi connectivity index (χ4v) is 7.49. The maximum Gasteiger partial charge on any atom is 0.337 e. The van der Waals surface area contributed by atoms with Crippen LogP contribution >= 0.6 is 11.3 Å². The molecule has 0 bridgehead atoms. The third-order valence-corrected chi connectivity index (χ3v) is 9.66. The van der Waals surface area contributed by atoms with E-state index in [4.69, 9.17) is 10.5 Å². The Balaban J connectivity index is 1.92. The van der Waals surface area contributed by atoms with Gasteiger partial charge >= 0.3 is 5.97 Å². The number of hydrogen-bond donors (Lipinski definition) is 1. The second kappa shape index (κ2) is 10.2. The SMILES string of the molecule is COC(=O)C1=c2s/c(=C/c3ccc(C)cc3)c(=O)n2C(N)=C(S(=O)(=O)c2ccccc2)C1c1ccc(C)cc1. The van der Waals surface area contributed by atoms with E-state index in [-0.39, 0.29) is 25.9 Å². The van der Waals surface area contributed by atoms with Gasteiger partial charge in [-0.1, -0.05) is 77.9 Å². The van der Waals surface area contributed by atoms with Crippen molar-refractivity contribution in [3.63, 3.8) is 0 Å². The molecule has 39 heavy (non-hydrogen) atoms. The minimum absolute atomic E-state index is 0.00227. The van der Waals surface area contributed by atoms with E-state index in [1.807, 2.05) is 50.2 Å². The molecular formula is C30H26N2O5S2. The van der Waals surface area contributed by atoms with Gasteiger partial charge in [-0.15, -0.1) is 11.3 Å². The lowest BCUT2D eigenvalue weighted by Crippen LogP contribution is -2.41. The van der Waals surface area contributed by atoms with Crippen molar-refractivity contribution in [3.8, 4) is 0 Å². The molecule has 9 heteroatoms. The van der Waals surface area contributed by atoms with E-state index < -0.39 is 27.3 Å². The Morgan fingerprint density at radius 1 is 0.949 bits per heavy atom. The van der Waals surface area contributed by atoms with Crippen molar-refractivity contribution in [1.29, 1.82) is 0 Å². The molecule has 0 aliphatic carbocycles. The standard InChI is InChI=1S/C30H26N2O5S2/c1-18-9-13-20(14-10-18)17-23-28(33)32-27(31)26(39(35,36)22-7-5-4-6-8-22)24(21-15-11-19(2)12-16-21)25(29(32)38-23)30(34)37-3/h4-17,24H,31H2,1-3H3/b23-17+. The number of carbonyl (C=O) groups excluding carboxylic acids is 1. The van der Waals surface area contributed by atoms with Gasteiger partial charge in [-0.2, -0.15) is 0 Å². The van der Waals surface area contributed by atoms with Gasteiger partial charge in [0.1, 0.15) is 15.4 Å². The quantitative estimate of drug-likeness (QED) is 0.377. The number of carbonyl (C=O) groups is 1. The van der Waals surface area contributed by atoms with E-state index >= 15 is 0 Å². The normalized spacial score (nSPS) is 15.8. The maximum absolute atomic E-state index is 14.1. The fourth-order valence-electron chi connectivity index (χ4n) is 4.62. The maximum atomic E-state index is 14.1. The average molecular weight is 559 g/mol. The number of sulfone groups is 1. The van der Waals surface area contributed by atoms with Gasteiger partial charge in [0, 0.05) is 0 Å². The monoisotopic (exact) mass is 558 g/mol. The highest BCUT2D eigenvalue weighted by Crippen LogP contribution is 2.42. The molecule has 0 fully saturated rings. The summed E-state index contributed by atoms with van der Waals surface area (Å²) in [5, 5.41) is 0. The van der Waals surface area contributed by atoms with Gasteiger partial charge in [0.05, 0.1) is 28.0 Å². The molecule has 5 rings (SSSR count). The van der Waals surface area contributed by atoms with Crippen molar-refractivity contribution in [2.24, 2.45) is 5.73 Å². The number of nitrogens with two attached hydrogens (primary N) is 1. The highest BCUT2D eigenvalue weighted by molar-refractivity contribution is 7.95. The summed E-state index contributed by atoms with van der Waals surface area (Å²) in [4.78, 5) is 26.9. The second-order valence-electron chi connectivity index (χ2n) is 9.28. The number of esters is 1. The molecule has 1 aliphatic rings. The average Bonchev–Trinajstić information content (AvgIpc) is 3.25. The minimum Gasteiger partial charge on any atom is -0.466 e. The summed E-state index contributed by atoms with van der Waals surface area (Å²) < 4.78 is 35.1. The number of aromatic nitrogens is 1. The number of aryl methyl sites for hydroxylation is 2. The Bertz CT molecular complexity index is 1900. The van der Waals surface area contributed by atoms with E-state index in [1.165, 1.54) is 19.2 Å². The molecule has 198 valence electrons. The molecule has 7 nitrogen and oxygen atoms in total. The van der Waals surface area contributed by atoms with Crippen LogP contribution in [-0.4, -0.2) is 26.1 Å². The predicted molar refractivity (Wildman–Crippen MR) is 153 cm³/mol. The molecule has 0 spiro atoms. The number of nitrogens with zero attached hydrogens (tertiary/aromatic N) is 1. The number of rotatable bonds is 5. The first-order valence-electron chi connectivity index (χ1n) is 12.1. The van der Waals surface area contributed by atoms with Crippen LogP contribution in [0.25, 0.3) is 17.5 Å². The van der Waals surface area contributed by atoms with Gasteiger partial charge in [0.25, 0.3) is 5.56 Å². The fraction of sp³-hybridized carbons (Fsp3) is 0.133. The molecule has 0 saturated heterocycles. The van der Waals surface area contributed by atoms with E-state index in [0.717, 1.165) is 32.6 Å². The van der Waals surface area contributed by atoms with Crippen LogP contribution in [0, 0.1) is 13.8 Å². The molecule has 1 aromatic heterocycles.